The molecule has 0 spiro atoms. The summed E-state index contributed by atoms with van der Waals surface area (Å²) >= 11 is 0. The molecule has 1 N–H and O–H groups in total. The van der Waals surface area contributed by atoms with E-state index in [0.717, 1.165) is 5.56 Å². The largest absolute Gasteiger partial charge is 0.478 e. The Morgan fingerprint density at radius 3 is 2.43 bits per heavy atom. The van der Waals surface area contributed by atoms with Gasteiger partial charge >= 0.3 is 5.97 Å². The molecule has 3 rings (SSSR count). The number of hydrogen-bond donors (Lipinski definition) is 1. The van der Waals surface area contributed by atoms with E-state index in [0.29, 0.717) is 22.3 Å². The van der Waals surface area contributed by atoms with Crippen LogP contribution >= 0.6 is 0 Å². The zero-order valence-electron chi connectivity index (χ0n) is 11.3. The number of benzene rings is 2. The second-order valence-electron chi connectivity index (χ2n) is 4.86. The Morgan fingerprint density at radius 1 is 1.05 bits per heavy atom. The first-order chi connectivity index (χ1) is 10.0. The van der Waals surface area contributed by atoms with E-state index in [-0.39, 0.29) is 11.0 Å². The van der Waals surface area contributed by atoms with E-state index in [9.17, 15) is 9.59 Å². The van der Waals surface area contributed by atoms with Crippen molar-refractivity contribution in [2.45, 2.75) is 6.92 Å². The number of aryl methyl sites for hydroxylation is 1. The SMILES string of the molecule is Cc1ccc2oc(-c3ccc(C(=O)O)cc3)cc(=O)c2c1. The molecule has 0 radical (unpaired) electrons. The van der Waals surface area contributed by atoms with Gasteiger partial charge in [-0.15, -0.1) is 0 Å². The summed E-state index contributed by atoms with van der Waals surface area (Å²) < 4.78 is 5.74. The highest BCUT2D eigenvalue weighted by Crippen LogP contribution is 2.23. The lowest BCUT2D eigenvalue weighted by Gasteiger charge is -2.04. The van der Waals surface area contributed by atoms with E-state index in [4.69, 9.17) is 9.52 Å². The summed E-state index contributed by atoms with van der Waals surface area (Å²) in [6, 6.07) is 13.1. The molecule has 0 saturated carbocycles. The molecule has 0 aliphatic carbocycles. The van der Waals surface area contributed by atoms with Crippen LogP contribution in [-0.2, 0) is 0 Å². The summed E-state index contributed by atoms with van der Waals surface area (Å²) in [5, 5.41) is 9.43. The number of fused-ring (bicyclic) bond motifs is 1. The Balaban J connectivity index is 2.14. The molecular weight excluding hydrogens is 268 g/mol. The second kappa shape index (κ2) is 4.90. The summed E-state index contributed by atoms with van der Waals surface area (Å²) in [7, 11) is 0. The zero-order chi connectivity index (χ0) is 15.0. The molecule has 0 aliphatic heterocycles. The highest BCUT2D eigenvalue weighted by Gasteiger charge is 2.08. The molecule has 2 aromatic carbocycles. The van der Waals surface area contributed by atoms with Crippen LogP contribution in [0.25, 0.3) is 22.3 Å². The molecule has 0 aliphatic rings. The highest BCUT2D eigenvalue weighted by atomic mass is 16.4. The van der Waals surface area contributed by atoms with Gasteiger partial charge in [0, 0.05) is 11.6 Å². The van der Waals surface area contributed by atoms with Gasteiger partial charge in [-0.2, -0.15) is 0 Å². The molecule has 1 heterocycles. The topological polar surface area (TPSA) is 67.5 Å². The Kier molecular flexibility index (Phi) is 3.06. The standard InChI is InChI=1S/C17H12O4/c1-10-2-7-15-13(8-10)14(18)9-16(21-15)11-3-5-12(6-4-11)17(19)20/h2-9H,1H3,(H,19,20). The molecule has 0 unspecified atom stereocenters. The van der Waals surface area contributed by atoms with Gasteiger partial charge in [0.1, 0.15) is 11.3 Å². The van der Waals surface area contributed by atoms with E-state index in [1.807, 2.05) is 13.0 Å². The maximum Gasteiger partial charge on any atom is 0.335 e. The van der Waals surface area contributed by atoms with Crippen molar-refractivity contribution < 1.29 is 14.3 Å². The van der Waals surface area contributed by atoms with Crippen LogP contribution < -0.4 is 5.43 Å². The minimum Gasteiger partial charge on any atom is -0.478 e. The fourth-order valence-electron chi connectivity index (χ4n) is 2.19. The lowest BCUT2D eigenvalue weighted by molar-refractivity contribution is 0.0697. The molecular formula is C17H12O4. The van der Waals surface area contributed by atoms with Crippen molar-refractivity contribution in [1.82, 2.24) is 0 Å². The zero-order valence-corrected chi connectivity index (χ0v) is 11.3. The molecule has 104 valence electrons. The monoisotopic (exact) mass is 280 g/mol. The van der Waals surface area contributed by atoms with Gasteiger partial charge in [-0.1, -0.05) is 23.8 Å². The number of hydrogen-bond acceptors (Lipinski definition) is 3. The van der Waals surface area contributed by atoms with Crippen LogP contribution in [0.3, 0.4) is 0 Å². The summed E-state index contributed by atoms with van der Waals surface area (Å²) in [6.45, 7) is 1.91. The molecule has 0 saturated heterocycles. The van der Waals surface area contributed by atoms with Crippen LogP contribution in [0.5, 0.6) is 0 Å². The summed E-state index contributed by atoms with van der Waals surface area (Å²) in [4.78, 5) is 23.0. The number of rotatable bonds is 2. The van der Waals surface area contributed by atoms with Crippen molar-refractivity contribution in [2.24, 2.45) is 0 Å². The molecule has 4 nitrogen and oxygen atoms in total. The average molecular weight is 280 g/mol. The quantitative estimate of drug-likeness (QED) is 0.780. The van der Waals surface area contributed by atoms with E-state index in [2.05, 4.69) is 0 Å². The molecule has 4 heteroatoms. The predicted octanol–water partition coefficient (Wildman–Crippen LogP) is 3.47. The predicted molar refractivity (Wildman–Crippen MR) is 79.6 cm³/mol. The molecule has 21 heavy (non-hydrogen) atoms. The molecule has 1 aromatic heterocycles. The van der Waals surface area contributed by atoms with Crippen LogP contribution in [0.1, 0.15) is 15.9 Å². The van der Waals surface area contributed by atoms with E-state index >= 15 is 0 Å². The fraction of sp³-hybridized carbons (Fsp3) is 0.0588. The normalized spacial score (nSPS) is 10.7. The Labute approximate surface area is 120 Å². The van der Waals surface area contributed by atoms with Crippen LogP contribution in [0.15, 0.2) is 57.7 Å². The van der Waals surface area contributed by atoms with Gasteiger partial charge in [0.05, 0.1) is 10.9 Å². The minimum atomic E-state index is -0.989. The Morgan fingerprint density at radius 2 is 1.76 bits per heavy atom. The molecule has 0 amide bonds. The van der Waals surface area contributed by atoms with Crippen molar-refractivity contribution in [3.05, 3.63) is 69.9 Å². The third kappa shape index (κ3) is 2.43. The van der Waals surface area contributed by atoms with Crippen molar-refractivity contribution in [3.63, 3.8) is 0 Å². The van der Waals surface area contributed by atoms with Crippen LogP contribution in [0.2, 0.25) is 0 Å². The average Bonchev–Trinajstić information content (AvgIpc) is 2.48. The number of carboxylic acid groups (broad SMARTS) is 1. The maximum atomic E-state index is 12.1. The van der Waals surface area contributed by atoms with Crippen LogP contribution in [0.4, 0.5) is 0 Å². The maximum absolute atomic E-state index is 12.1. The molecule has 0 bridgehead atoms. The Bertz CT molecular complexity index is 889. The third-order valence-corrected chi connectivity index (χ3v) is 3.30. The highest BCUT2D eigenvalue weighted by molar-refractivity contribution is 5.88. The van der Waals surface area contributed by atoms with Crippen molar-refractivity contribution in [2.75, 3.05) is 0 Å². The summed E-state index contributed by atoms with van der Waals surface area (Å²) in [5.74, 6) is -0.565. The van der Waals surface area contributed by atoms with Crippen molar-refractivity contribution in [3.8, 4) is 11.3 Å². The molecule has 3 aromatic rings. The first kappa shape index (κ1) is 13.1. The fourth-order valence-corrected chi connectivity index (χ4v) is 2.19. The summed E-state index contributed by atoms with van der Waals surface area (Å²) in [5.41, 5.74) is 2.26. The van der Waals surface area contributed by atoms with Gasteiger partial charge in [-0.3, -0.25) is 4.79 Å². The smallest absolute Gasteiger partial charge is 0.335 e. The van der Waals surface area contributed by atoms with Gasteiger partial charge in [0.2, 0.25) is 0 Å². The van der Waals surface area contributed by atoms with Crippen LogP contribution in [0, 0.1) is 6.92 Å². The number of carboxylic acids is 1. The molecule has 0 atom stereocenters. The summed E-state index contributed by atoms with van der Waals surface area (Å²) in [6.07, 6.45) is 0. The third-order valence-electron chi connectivity index (χ3n) is 3.30. The lowest BCUT2D eigenvalue weighted by atomic mass is 10.1. The van der Waals surface area contributed by atoms with Gasteiger partial charge < -0.3 is 9.52 Å². The second-order valence-corrected chi connectivity index (χ2v) is 4.86. The number of aromatic carboxylic acids is 1. The van der Waals surface area contributed by atoms with E-state index in [1.54, 1.807) is 24.3 Å². The van der Waals surface area contributed by atoms with Crippen molar-refractivity contribution in [1.29, 1.82) is 0 Å². The minimum absolute atomic E-state index is 0.114. The first-order valence-corrected chi connectivity index (χ1v) is 6.43. The Hall–Kier alpha value is -2.88. The van der Waals surface area contributed by atoms with Gasteiger partial charge in [-0.05, 0) is 31.2 Å². The first-order valence-electron chi connectivity index (χ1n) is 6.43. The lowest BCUT2D eigenvalue weighted by Crippen LogP contribution is -2.01. The van der Waals surface area contributed by atoms with Crippen LogP contribution in [-0.4, -0.2) is 11.1 Å². The van der Waals surface area contributed by atoms with Crippen molar-refractivity contribution >= 4 is 16.9 Å². The van der Waals surface area contributed by atoms with Gasteiger partial charge in [0.25, 0.3) is 0 Å². The molecule has 0 fully saturated rings. The van der Waals surface area contributed by atoms with Gasteiger partial charge in [-0.25, -0.2) is 4.79 Å². The van der Waals surface area contributed by atoms with E-state index in [1.165, 1.54) is 18.2 Å². The number of carbonyl (C=O) groups is 1. The van der Waals surface area contributed by atoms with E-state index < -0.39 is 5.97 Å². The van der Waals surface area contributed by atoms with Gasteiger partial charge in [0.15, 0.2) is 5.43 Å².